The van der Waals surface area contributed by atoms with Gasteiger partial charge in [0, 0.05) is 12.5 Å². The highest BCUT2D eigenvalue weighted by Gasteiger charge is 2.65. The number of thiazole rings is 1. The molecule has 1 amide bonds. The number of benzene rings is 1. The first-order chi connectivity index (χ1) is 14.8. The van der Waals surface area contributed by atoms with Crippen LogP contribution in [0, 0.1) is 29.0 Å². The Balaban J connectivity index is 1.39. The van der Waals surface area contributed by atoms with Gasteiger partial charge in [-0.15, -0.1) is 11.3 Å². The largest absolute Gasteiger partial charge is 0.368 e. The van der Waals surface area contributed by atoms with Crippen LogP contribution in [0.5, 0.6) is 0 Å². The van der Waals surface area contributed by atoms with Crippen molar-refractivity contribution in [1.29, 1.82) is 0 Å². The Labute approximate surface area is 189 Å². The molecule has 9 heteroatoms. The lowest BCUT2D eigenvalue weighted by atomic mass is 9.95. The van der Waals surface area contributed by atoms with E-state index >= 15 is 0 Å². The van der Waals surface area contributed by atoms with Crippen molar-refractivity contribution >= 4 is 50.5 Å². The zero-order valence-corrected chi connectivity index (χ0v) is 19.0. The van der Waals surface area contributed by atoms with Crippen molar-refractivity contribution in [3.05, 3.63) is 29.0 Å². The van der Waals surface area contributed by atoms with Gasteiger partial charge in [-0.1, -0.05) is 32.1 Å². The molecule has 0 radical (unpaired) electrons. The summed E-state index contributed by atoms with van der Waals surface area (Å²) >= 11 is 6.89. The molecule has 3 fully saturated rings. The van der Waals surface area contributed by atoms with Crippen LogP contribution in [0.15, 0.2) is 18.2 Å². The average molecular weight is 461 g/mol. The molecular formula is C22H25FN4O2S2. The Hall–Kier alpha value is -1.97. The summed E-state index contributed by atoms with van der Waals surface area (Å²) in [5.41, 5.74) is 0.452. The predicted octanol–water partition coefficient (Wildman–Crippen LogP) is 2.67. The van der Waals surface area contributed by atoms with E-state index in [1.54, 1.807) is 12.1 Å². The minimum absolute atomic E-state index is 0.0236. The highest BCUT2D eigenvalue weighted by molar-refractivity contribution is 7.80. The molecule has 1 saturated carbocycles. The van der Waals surface area contributed by atoms with Crippen LogP contribution in [0.3, 0.4) is 0 Å². The van der Waals surface area contributed by atoms with E-state index in [-0.39, 0.29) is 39.6 Å². The molecule has 0 unspecified atom stereocenters. The maximum Gasteiger partial charge on any atom is 0.223 e. The summed E-state index contributed by atoms with van der Waals surface area (Å²) in [5, 5.41) is 9.81. The zero-order chi connectivity index (χ0) is 21.9. The van der Waals surface area contributed by atoms with Gasteiger partial charge in [-0.25, -0.2) is 9.37 Å². The topological polar surface area (TPSA) is 83.1 Å². The number of hydrogen-bond donors (Lipinski definition) is 3. The molecule has 3 heterocycles. The van der Waals surface area contributed by atoms with Crippen LogP contribution in [-0.2, 0) is 4.79 Å². The molecule has 2 aliphatic heterocycles. The third kappa shape index (κ3) is 3.56. The Kier molecular flexibility index (Phi) is 5.10. The number of halogens is 1. The number of nitrogens with zero attached hydrogens (tertiary/aromatic N) is 1. The highest BCUT2D eigenvalue weighted by Crippen LogP contribution is 2.62. The monoisotopic (exact) mass is 460 g/mol. The van der Waals surface area contributed by atoms with Crippen LogP contribution >= 0.6 is 23.6 Å². The molecule has 0 bridgehead atoms. The normalized spacial score (nSPS) is 29.5. The number of Topliss-reactive ketones (excluding diaryl/α,β-unsaturated/α-hetero) is 1. The molecule has 1 aliphatic carbocycles. The molecule has 2 aromatic rings. The van der Waals surface area contributed by atoms with Crippen molar-refractivity contribution < 1.29 is 14.0 Å². The fourth-order valence-electron chi connectivity index (χ4n) is 5.29. The van der Waals surface area contributed by atoms with Gasteiger partial charge in [-0.2, -0.15) is 0 Å². The van der Waals surface area contributed by atoms with Gasteiger partial charge >= 0.3 is 0 Å². The number of rotatable bonds is 6. The van der Waals surface area contributed by atoms with Crippen molar-refractivity contribution in [1.82, 2.24) is 20.9 Å². The lowest BCUT2D eigenvalue weighted by Crippen LogP contribution is -2.50. The molecule has 31 heavy (non-hydrogen) atoms. The first kappa shape index (κ1) is 20.9. The van der Waals surface area contributed by atoms with Crippen LogP contribution < -0.4 is 16.0 Å². The van der Waals surface area contributed by atoms with E-state index in [1.165, 1.54) is 17.4 Å². The SMILES string of the molecule is CC1(C)[C@@H]2[C@@H](C(=S)N[C@@H](C[C@@H]3CCNC3=O)C(=O)c3nc4c(F)cccc4s3)NC[C@@H]21. The standard InChI is InChI=1S/C22H25FN4O2S2/c1-22(2)11-9-25-17(15(11)22)20(30)26-13(8-10-6-7-24-19(10)29)18(28)21-27-16-12(23)4-3-5-14(16)31-21/h3-5,10-11,13,15,17,25H,6-9H2,1-2H3,(H,24,29)(H,26,30)/t10-,11-,13-,15-,17-/m0/s1. The zero-order valence-electron chi connectivity index (χ0n) is 17.4. The van der Waals surface area contributed by atoms with Gasteiger partial charge in [-0.05, 0) is 48.8 Å². The van der Waals surface area contributed by atoms with Gasteiger partial charge in [0.1, 0.15) is 11.3 Å². The van der Waals surface area contributed by atoms with Gasteiger partial charge in [0.25, 0.3) is 0 Å². The van der Waals surface area contributed by atoms with Crippen molar-refractivity contribution in [3.63, 3.8) is 0 Å². The molecule has 5 atom stereocenters. The van der Waals surface area contributed by atoms with Gasteiger partial charge in [0.2, 0.25) is 11.7 Å². The second kappa shape index (κ2) is 7.56. The van der Waals surface area contributed by atoms with Crippen LogP contribution in [-0.4, -0.2) is 46.8 Å². The number of piperidine rings is 1. The Morgan fingerprint density at radius 3 is 2.90 bits per heavy atom. The second-order valence-electron chi connectivity index (χ2n) is 9.38. The van der Waals surface area contributed by atoms with E-state index in [0.717, 1.165) is 6.54 Å². The van der Waals surface area contributed by atoms with E-state index in [1.807, 2.05) is 0 Å². The van der Waals surface area contributed by atoms with Gasteiger partial charge in [0.05, 0.1) is 21.8 Å². The number of amides is 1. The van der Waals surface area contributed by atoms with Crippen LogP contribution in [0.2, 0.25) is 0 Å². The third-order valence-electron chi connectivity index (χ3n) is 7.23. The Morgan fingerprint density at radius 1 is 1.45 bits per heavy atom. The summed E-state index contributed by atoms with van der Waals surface area (Å²) in [7, 11) is 0. The van der Waals surface area contributed by atoms with Gasteiger partial charge in [-0.3, -0.25) is 9.59 Å². The van der Waals surface area contributed by atoms with E-state index in [0.29, 0.717) is 40.9 Å². The second-order valence-corrected chi connectivity index (χ2v) is 10.9. The number of nitrogens with one attached hydrogen (secondary N) is 3. The summed E-state index contributed by atoms with van der Waals surface area (Å²) < 4.78 is 14.7. The summed E-state index contributed by atoms with van der Waals surface area (Å²) in [4.78, 5) is 30.5. The van der Waals surface area contributed by atoms with E-state index in [2.05, 4.69) is 34.8 Å². The molecule has 0 spiro atoms. The molecule has 2 saturated heterocycles. The first-order valence-electron chi connectivity index (χ1n) is 10.7. The number of thiocarbonyl (C=S) groups is 1. The Morgan fingerprint density at radius 2 is 2.26 bits per heavy atom. The van der Waals surface area contributed by atoms with Gasteiger partial charge < -0.3 is 16.0 Å². The Bertz CT molecular complexity index is 1080. The van der Waals surface area contributed by atoms with Gasteiger partial charge in [0.15, 0.2) is 5.01 Å². The number of carbonyl (C=O) groups excluding carboxylic acids is 2. The molecule has 164 valence electrons. The van der Waals surface area contributed by atoms with E-state index in [4.69, 9.17) is 12.2 Å². The average Bonchev–Trinajstić information content (AvgIpc) is 3.26. The van der Waals surface area contributed by atoms with Crippen molar-refractivity contribution in [2.75, 3.05) is 13.1 Å². The van der Waals surface area contributed by atoms with Crippen LogP contribution in [0.1, 0.15) is 36.5 Å². The molecule has 1 aromatic heterocycles. The number of fused-ring (bicyclic) bond motifs is 2. The molecule has 6 nitrogen and oxygen atoms in total. The highest BCUT2D eigenvalue weighted by atomic mass is 32.1. The summed E-state index contributed by atoms with van der Waals surface area (Å²) in [6.07, 6.45) is 1.03. The van der Waals surface area contributed by atoms with Crippen molar-refractivity contribution in [2.24, 2.45) is 23.2 Å². The number of ketones is 1. The summed E-state index contributed by atoms with van der Waals surface area (Å²) in [5.74, 6) is 0.0708. The summed E-state index contributed by atoms with van der Waals surface area (Å²) in [6, 6.07) is 4.05. The number of para-hydroxylation sites is 1. The minimum atomic E-state index is -0.673. The van der Waals surface area contributed by atoms with Crippen molar-refractivity contribution in [2.45, 2.75) is 38.8 Å². The summed E-state index contributed by atoms with van der Waals surface area (Å²) in [6.45, 7) is 6.04. The first-order valence-corrected chi connectivity index (χ1v) is 11.9. The van der Waals surface area contributed by atoms with Crippen molar-refractivity contribution in [3.8, 4) is 0 Å². The van der Waals surface area contributed by atoms with E-state index < -0.39 is 11.9 Å². The quantitative estimate of drug-likeness (QED) is 0.454. The lowest BCUT2D eigenvalue weighted by Gasteiger charge is -2.25. The number of aromatic nitrogens is 1. The maximum absolute atomic E-state index is 14.1. The minimum Gasteiger partial charge on any atom is -0.368 e. The molecule has 3 aliphatic rings. The predicted molar refractivity (Wildman–Crippen MR) is 122 cm³/mol. The lowest BCUT2D eigenvalue weighted by molar-refractivity contribution is -0.122. The molecule has 1 aromatic carbocycles. The fourth-order valence-corrected chi connectivity index (χ4v) is 6.64. The molecule has 5 rings (SSSR count). The smallest absolute Gasteiger partial charge is 0.223 e. The number of hydrogen-bond acceptors (Lipinski definition) is 6. The fraction of sp³-hybridized carbons (Fsp3) is 0.545. The number of carbonyl (C=O) groups is 2. The third-order valence-corrected chi connectivity index (χ3v) is 8.64. The molecule has 3 N–H and O–H groups in total. The molecular weight excluding hydrogens is 435 g/mol. The van der Waals surface area contributed by atoms with Crippen LogP contribution in [0.25, 0.3) is 10.2 Å². The van der Waals surface area contributed by atoms with E-state index in [9.17, 15) is 14.0 Å². The van der Waals surface area contributed by atoms with Crippen LogP contribution in [0.4, 0.5) is 4.39 Å². The maximum atomic E-state index is 14.1.